The summed E-state index contributed by atoms with van der Waals surface area (Å²) in [5, 5.41) is 20.4. The molecule has 1 aliphatic rings. The van der Waals surface area contributed by atoms with Crippen LogP contribution in [0.3, 0.4) is 0 Å². The van der Waals surface area contributed by atoms with Gasteiger partial charge in [-0.3, -0.25) is 9.59 Å². The van der Waals surface area contributed by atoms with Crippen LogP contribution in [0.15, 0.2) is 24.3 Å². The van der Waals surface area contributed by atoms with E-state index in [1.54, 1.807) is 38.1 Å². The van der Waals surface area contributed by atoms with Gasteiger partial charge in [-0.25, -0.2) is 0 Å². The fourth-order valence-electron chi connectivity index (χ4n) is 2.56. The first kappa shape index (κ1) is 12.4. The van der Waals surface area contributed by atoms with Crippen LogP contribution in [0.5, 0.6) is 11.5 Å². The molecular weight excluding hydrogens is 256 g/mol. The second-order valence-corrected chi connectivity index (χ2v) is 4.90. The summed E-state index contributed by atoms with van der Waals surface area (Å²) in [6.07, 6.45) is 0. The van der Waals surface area contributed by atoms with Crippen molar-refractivity contribution >= 4 is 11.6 Å². The van der Waals surface area contributed by atoms with Crippen LogP contribution >= 0.6 is 0 Å². The highest BCUT2D eigenvalue weighted by molar-refractivity contribution is 6.30. The van der Waals surface area contributed by atoms with Crippen molar-refractivity contribution < 1.29 is 19.8 Å². The normalized spacial score (nSPS) is 13.1. The summed E-state index contributed by atoms with van der Waals surface area (Å²) in [5.74, 6) is -1.34. The van der Waals surface area contributed by atoms with Gasteiger partial charge in [-0.15, -0.1) is 0 Å². The summed E-state index contributed by atoms with van der Waals surface area (Å²) in [6, 6.07) is 6.41. The molecule has 0 saturated heterocycles. The quantitative estimate of drug-likeness (QED) is 0.614. The van der Waals surface area contributed by atoms with Crippen LogP contribution in [0.4, 0.5) is 0 Å². The van der Waals surface area contributed by atoms with Crippen LogP contribution in [0, 0.1) is 13.8 Å². The summed E-state index contributed by atoms with van der Waals surface area (Å²) in [5.41, 5.74) is 1.11. The van der Waals surface area contributed by atoms with Crippen molar-refractivity contribution in [3.05, 3.63) is 57.6 Å². The number of hydrogen-bond donors (Lipinski definition) is 2. The zero-order valence-corrected chi connectivity index (χ0v) is 11.0. The number of aromatic hydroxyl groups is 2. The standard InChI is InChI=1S/C16H12O4/c1-7-8(2)14(18)12-11(13(7)17)15(19)9-5-3-4-6-10(9)16(12)20/h3-6,17-18H,1-2H3. The maximum atomic E-state index is 12.5. The van der Waals surface area contributed by atoms with E-state index in [4.69, 9.17) is 0 Å². The molecule has 3 rings (SSSR count). The maximum absolute atomic E-state index is 12.5. The van der Waals surface area contributed by atoms with E-state index in [-0.39, 0.29) is 33.8 Å². The van der Waals surface area contributed by atoms with Crippen molar-refractivity contribution in [1.82, 2.24) is 0 Å². The molecule has 0 saturated carbocycles. The van der Waals surface area contributed by atoms with E-state index in [2.05, 4.69) is 0 Å². The summed E-state index contributed by atoms with van der Waals surface area (Å²) < 4.78 is 0. The van der Waals surface area contributed by atoms with E-state index >= 15 is 0 Å². The minimum Gasteiger partial charge on any atom is -0.507 e. The van der Waals surface area contributed by atoms with E-state index in [1.165, 1.54) is 0 Å². The molecule has 0 amide bonds. The number of carbonyl (C=O) groups excluding carboxylic acids is 2. The lowest BCUT2D eigenvalue weighted by atomic mass is 9.81. The topological polar surface area (TPSA) is 74.6 Å². The average Bonchev–Trinajstić information content (AvgIpc) is 2.46. The van der Waals surface area contributed by atoms with Crippen LogP contribution in [0.25, 0.3) is 0 Å². The van der Waals surface area contributed by atoms with Gasteiger partial charge in [-0.1, -0.05) is 24.3 Å². The number of hydrogen-bond acceptors (Lipinski definition) is 4. The zero-order chi connectivity index (χ0) is 14.6. The second kappa shape index (κ2) is 3.93. The Kier molecular flexibility index (Phi) is 2.44. The van der Waals surface area contributed by atoms with Crippen LogP contribution in [0.1, 0.15) is 43.0 Å². The molecule has 0 aliphatic heterocycles. The highest BCUT2D eigenvalue weighted by atomic mass is 16.3. The molecule has 1 aliphatic carbocycles. The summed E-state index contributed by atoms with van der Waals surface area (Å²) in [6.45, 7) is 3.20. The number of rotatable bonds is 0. The number of carbonyl (C=O) groups is 2. The smallest absolute Gasteiger partial charge is 0.198 e. The van der Waals surface area contributed by atoms with Gasteiger partial charge in [0.2, 0.25) is 0 Å². The van der Waals surface area contributed by atoms with Crippen molar-refractivity contribution in [3.63, 3.8) is 0 Å². The van der Waals surface area contributed by atoms with Gasteiger partial charge in [0, 0.05) is 11.1 Å². The minimum atomic E-state index is -0.439. The van der Waals surface area contributed by atoms with Gasteiger partial charge in [-0.05, 0) is 25.0 Å². The predicted molar refractivity (Wildman–Crippen MR) is 72.6 cm³/mol. The van der Waals surface area contributed by atoms with E-state index in [9.17, 15) is 19.8 Å². The largest absolute Gasteiger partial charge is 0.507 e. The second-order valence-electron chi connectivity index (χ2n) is 4.90. The fraction of sp³-hybridized carbons (Fsp3) is 0.125. The van der Waals surface area contributed by atoms with Crippen LogP contribution in [0.2, 0.25) is 0 Å². The highest BCUT2D eigenvalue weighted by Crippen LogP contribution is 2.42. The molecule has 0 atom stereocenters. The molecule has 0 unspecified atom stereocenters. The number of fused-ring (bicyclic) bond motifs is 2. The molecular formula is C16H12O4. The molecule has 100 valence electrons. The first-order valence-electron chi connectivity index (χ1n) is 6.18. The molecule has 0 radical (unpaired) electrons. The Morgan fingerprint density at radius 1 is 0.750 bits per heavy atom. The van der Waals surface area contributed by atoms with Crippen molar-refractivity contribution in [1.29, 1.82) is 0 Å². The molecule has 4 nitrogen and oxygen atoms in total. The molecule has 2 N–H and O–H groups in total. The Bertz CT molecular complexity index is 722. The minimum absolute atomic E-state index is 0.102. The Morgan fingerprint density at radius 3 is 1.45 bits per heavy atom. The van der Waals surface area contributed by atoms with Gasteiger partial charge < -0.3 is 10.2 Å². The number of phenols is 2. The van der Waals surface area contributed by atoms with Crippen LogP contribution in [-0.4, -0.2) is 21.8 Å². The fourth-order valence-corrected chi connectivity index (χ4v) is 2.56. The van der Waals surface area contributed by atoms with Gasteiger partial charge in [0.15, 0.2) is 11.6 Å². The third kappa shape index (κ3) is 1.36. The SMILES string of the molecule is Cc1c(C)c(O)c2c(c1O)C(=O)c1ccccc1C2=O. The van der Waals surface area contributed by atoms with Crippen LogP contribution < -0.4 is 0 Å². The zero-order valence-electron chi connectivity index (χ0n) is 11.0. The third-order valence-electron chi connectivity index (χ3n) is 3.87. The maximum Gasteiger partial charge on any atom is 0.198 e. The number of phenolic OH excluding ortho intramolecular Hbond substituents is 2. The molecule has 0 fully saturated rings. The lowest BCUT2D eigenvalue weighted by Gasteiger charge is -2.21. The summed E-state index contributed by atoms with van der Waals surface area (Å²) in [4.78, 5) is 24.9. The molecule has 20 heavy (non-hydrogen) atoms. The molecule has 0 spiro atoms. The van der Waals surface area contributed by atoms with Crippen molar-refractivity contribution in [3.8, 4) is 11.5 Å². The highest BCUT2D eigenvalue weighted by Gasteiger charge is 2.35. The van der Waals surface area contributed by atoms with E-state index in [0.29, 0.717) is 11.1 Å². The molecule has 4 heteroatoms. The summed E-state index contributed by atoms with van der Waals surface area (Å²) >= 11 is 0. The molecule has 2 aromatic rings. The Labute approximate surface area is 115 Å². The predicted octanol–water partition coefficient (Wildman–Crippen LogP) is 2.49. The van der Waals surface area contributed by atoms with Crippen molar-refractivity contribution in [2.24, 2.45) is 0 Å². The number of benzene rings is 2. The summed E-state index contributed by atoms with van der Waals surface area (Å²) in [7, 11) is 0. The number of ketones is 2. The molecule has 2 aromatic carbocycles. The first-order chi connectivity index (χ1) is 9.45. The van der Waals surface area contributed by atoms with E-state index < -0.39 is 11.6 Å². The van der Waals surface area contributed by atoms with Gasteiger partial charge in [0.25, 0.3) is 0 Å². The van der Waals surface area contributed by atoms with Gasteiger partial charge >= 0.3 is 0 Å². The molecule has 0 aromatic heterocycles. The van der Waals surface area contributed by atoms with Gasteiger partial charge in [0.05, 0.1) is 11.1 Å². The van der Waals surface area contributed by atoms with Gasteiger partial charge in [0.1, 0.15) is 11.5 Å². The van der Waals surface area contributed by atoms with Crippen LogP contribution in [-0.2, 0) is 0 Å². The molecule has 0 bridgehead atoms. The Balaban J connectivity index is 2.46. The average molecular weight is 268 g/mol. The van der Waals surface area contributed by atoms with E-state index in [0.717, 1.165) is 0 Å². The third-order valence-corrected chi connectivity index (χ3v) is 3.87. The lowest BCUT2D eigenvalue weighted by Crippen LogP contribution is -2.22. The van der Waals surface area contributed by atoms with Crippen molar-refractivity contribution in [2.45, 2.75) is 13.8 Å². The van der Waals surface area contributed by atoms with Crippen molar-refractivity contribution in [2.75, 3.05) is 0 Å². The monoisotopic (exact) mass is 268 g/mol. The Morgan fingerprint density at radius 2 is 1.10 bits per heavy atom. The Hall–Kier alpha value is -2.62. The molecule has 0 heterocycles. The lowest BCUT2D eigenvalue weighted by molar-refractivity contribution is 0.0974. The van der Waals surface area contributed by atoms with E-state index in [1.807, 2.05) is 0 Å². The van der Waals surface area contributed by atoms with Gasteiger partial charge in [-0.2, -0.15) is 0 Å². The first-order valence-corrected chi connectivity index (χ1v) is 6.18.